The second kappa shape index (κ2) is 6.99. The Labute approximate surface area is 165 Å². The van der Waals surface area contributed by atoms with E-state index in [1.165, 1.54) is 45.9 Å². The molecule has 0 heterocycles. The van der Waals surface area contributed by atoms with E-state index in [-0.39, 0.29) is 0 Å². The van der Waals surface area contributed by atoms with Gasteiger partial charge in [-0.05, 0) is 43.8 Å². The molecule has 0 aromatic heterocycles. The second-order valence-corrected chi connectivity index (χ2v) is 6.96. The number of rotatable bonds is 3. The maximum absolute atomic E-state index is 9.63. The molecule has 5 aromatic carbocycles. The first-order valence-electron chi connectivity index (χ1n) is 9.43. The van der Waals surface area contributed by atoms with E-state index in [0.29, 0.717) is 0 Å². The van der Waals surface area contributed by atoms with Gasteiger partial charge in [0.2, 0.25) is 0 Å². The van der Waals surface area contributed by atoms with Crippen LogP contribution in [0.25, 0.3) is 43.8 Å². The molecule has 0 aliphatic rings. The Morgan fingerprint density at radius 3 is 1.46 bits per heavy atom. The Kier molecular flexibility index (Phi) is 4.19. The van der Waals surface area contributed by atoms with E-state index >= 15 is 0 Å². The molecule has 1 radical (unpaired) electrons. The highest BCUT2D eigenvalue weighted by atomic mass is 16.2. The first kappa shape index (κ1) is 16.8. The second-order valence-electron chi connectivity index (χ2n) is 6.96. The molecule has 28 heavy (non-hydrogen) atoms. The lowest BCUT2D eigenvalue weighted by Gasteiger charge is -2.18. The van der Waals surface area contributed by atoms with Crippen molar-refractivity contribution in [2.45, 2.75) is 0 Å². The summed E-state index contributed by atoms with van der Waals surface area (Å²) in [5, 5.41) is 14.4. The van der Waals surface area contributed by atoms with Gasteiger partial charge >= 0.3 is 7.48 Å². The Morgan fingerprint density at radius 2 is 0.929 bits per heavy atom. The number of hydrogen-bond acceptors (Lipinski definition) is 1. The monoisotopic (exact) mass is 357 g/mol. The maximum atomic E-state index is 9.63. The van der Waals surface area contributed by atoms with E-state index in [9.17, 15) is 5.02 Å². The van der Waals surface area contributed by atoms with Crippen LogP contribution in [0.15, 0.2) is 103 Å². The van der Waals surface area contributed by atoms with Crippen LogP contribution in [0, 0.1) is 0 Å². The van der Waals surface area contributed by atoms with Crippen LogP contribution >= 0.6 is 0 Å². The van der Waals surface area contributed by atoms with Crippen molar-refractivity contribution in [1.29, 1.82) is 0 Å². The molecule has 0 saturated heterocycles. The number of benzene rings is 5. The minimum absolute atomic E-state index is 0.805. The van der Waals surface area contributed by atoms with Gasteiger partial charge in [-0.2, -0.15) is 0 Å². The van der Waals surface area contributed by atoms with Gasteiger partial charge in [0.15, 0.2) is 0 Å². The van der Waals surface area contributed by atoms with Crippen molar-refractivity contribution >= 4 is 34.5 Å². The number of fused-ring (bicyclic) bond motifs is 2. The van der Waals surface area contributed by atoms with Gasteiger partial charge in [0, 0.05) is 0 Å². The Morgan fingerprint density at radius 1 is 0.464 bits per heavy atom. The van der Waals surface area contributed by atoms with E-state index in [2.05, 4.69) is 84.9 Å². The van der Waals surface area contributed by atoms with Crippen molar-refractivity contribution in [3.63, 3.8) is 0 Å². The summed E-state index contributed by atoms with van der Waals surface area (Å²) in [5.74, 6) is 0. The third kappa shape index (κ3) is 2.70. The normalized spacial score (nSPS) is 11.0. The smallest absolute Gasteiger partial charge is 0.326 e. The summed E-state index contributed by atoms with van der Waals surface area (Å²) in [4.78, 5) is 0. The molecular weight excluding hydrogens is 339 g/mol. The lowest BCUT2D eigenvalue weighted by Crippen LogP contribution is -2.12. The first-order valence-corrected chi connectivity index (χ1v) is 9.43. The summed E-state index contributed by atoms with van der Waals surface area (Å²) in [5.41, 5.74) is 5.62. The van der Waals surface area contributed by atoms with Gasteiger partial charge in [-0.15, -0.1) is 0 Å². The third-order valence-corrected chi connectivity index (χ3v) is 5.32. The van der Waals surface area contributed by atoms with Gasteiger partial charge in [0.05, 0.1) is 0 Å². The van der Waals surface area contributed by atoms with E-state index in [1.807, 2.05) is 18.2 Å². The van der Waals surface area contributed by atoms with Crippen LogP contribution < -0.4 is 5.46 Å². The molecule has 0 unspecified atom stereocenters. The summed E-state index contributed by atoms with van der Waals surface area (Å²) in [6.45, 7) is 0. The van der Waals surface area contributed by atoms with Crippen LogP contribution in [0.5, 0.6) is 0 Å². The lowest BCUT2D eigenvalue weighted by atomic mass is 9.81. The van der Waals surface area contributed by atoms with Crippen molar-refractivity contribution in [1.82, 2.24) is 0 Å². The van der Waals surface area contributed by atoms with Gasteiger partial charge in [-0.3, -0.25) is 0 Å². The van der Waals surface area contributed by atoms with Crippen LogP contribution in [0.4, 0.5) is 0 Å². The summed E-state index contributed by atoms with van der Waals surface area (Å²) < 4.78 is 0. The predicted molar refractivity (Wildman–Crippen MR) is 120 cm³/mol. The molecule has 0 spiro atoms. The summed E-state index contributed by atoms with van der Waals surface area (Å²) in [7, 11) is 1.17. The minimum Gasteiger partial charge on any atom is -0.450 e. The molecule has 0 aliphatic heterocycles. The molecule has 0 aliphatic carbocycles. The van der Waals surface area contributed by atoms with Crippen molar-refractivity contribution in [3.05, 3.63) is 103 Å². The molecule has 0 amide bonds. The molecule has 2 heteroatoms. The molecule has 1 nitrogen and oxygen atoms in total. The zero-order chi connectivity index (χ0) is 18.9. The topological polar surface area (TPSA) is 20.2 Å². The zero-order valence-corrected chi connectivity index (χ0v) is 15.3. The van der Waals surface area contributed by atoms with Crippen molar-refractivity contribution in [2.24, 2.45) is 0 Å². The highest BCUT2D eigenvalue weighted by Gasteiger charge is 2.16. The van der Waals surface area contributed by atoms with Crippen LogP contribution in [0.1, 0.15) is 0 Å². The minimum atomic E-state index is 0.805. The fourth-order valence-electron chi connectivity index (χ4n) is 4.11. The highest BCUT2D eigenvalue weighted by molar-refractivity contribution is 6.46. The van der Waals surface area contributed by atoms with Crippen molar-refractivity contribution < 1.29 is 5.02 Å². The van der Waals surface area contributed by atoms with Gasteiger partial charge in [-0.1, -0.05) is 109 Å². The fraction of sp³-hybridized carbons (Fsp3) is 0. The SMILES string of the molecule is O[B]c1ccc2c(-c3ccccc3)c3ccccc3c(-c3ccccc3)c2c1. The highest BCUT2D eigenvalue weighted by Crippen LogP contribution is 2.43. The predicted octanol–water partition coefficient (Wildman–Crippen LogP) is 5.56. The Hall–Kier alpha value is -3.36. The summed E-state index contributed by atoms with van der Waals surface area (Å²) in [6, 6.07) is 35.8. The molecule has 131 valence electrons. The molecule has 0 saturated carbocycles. The zero-order valence-electron chi connectivity index (χ0n) is 15.3. The molecule has 1 N–H and O–H groups in total. The average Bonchev–Trinajstić information content (AvgIpc) is 2.78. The van der Waals surface area contributed by atoms with Crippen molar-refractivity contribution in [2.75, 3.05) is 0 Å². The van der Waals surface area contributed by atoms with E-state index in [1.54, 1.807) is 0 Å². The van der Waals surface area contributed by atoms with Gasteiger partial charge in [0.1, 0.15) is 0 Å². The van der Waals surface area contributed by atoms with E-state index in [0.717, 1.165) is 10.8 Å². The van der Waals surface area contributed by atoms with Crippen LogP contribution in [0.2, 0.25) is 0 Å². The molecule has 5 rings (SSSR count). The Balaban J connectivity index is 2.02. The largest absolute Gasteiger partial charge is 0.450 e. The maximum Gasteiger partial charge on any atom is 0.326 e. The molecule has 0 fully saturated rings. The van der Waals surface area contributed by atoms with Crippen LogP contribution in [-0.4, -0.2) is 12.5 Å². The van der Waals surface area contributed by atoms with Gasteiger partial charge < -0.3 is 5.02 Å². The van der Waals surface area contributed by atoms with E-state index in [4.69, 9.17) is 0 Å². The molecular formula is C26H18BO. The molecule has 5 aromatic rings. The summed E-state index contributed by atoms with van der Waals surface area (Å²) >= 11 is 0. The molecule has 0 bridgehead atoms. The average molecular weight is 357 g/mol. The first-order chi connectivity index (χ1) is 13.9. The third-order valence-electron chi connectivity index (χ3n) is 5.32. The number of hydrogen-bond donors (Lipinski definition) is 1. The Bertz CT molecular complexity index is 1280. The van der Waals surface area contributed by atoms with Crippen LogP contribution in [-0.2, 0) is 0 Å². The van der Waals surface area contributed by atoms with E-state index < -0.39 is 0 Å². The standard InChI is InChI=1S/C26H18BO/c28-27-20-15-16-23-24(17-20)26(19-11-5-2-6-12-19)22-14-8-7-13-21(22)25(23)18-9-3-1-4-10-18/h1-17,28H. The fourth-order valence-corrected chi connectivity index (χ4v) is 4.11. The van der Waals surface area contributed by atoms with Crippen molar-refractivity contribution in [3.8, 4) is 22.3 Å². The quantitative estimate of drug-likeness (QED) is 0.331. The van der Waals surface area contributed by atoms with Crippen LogP contribution in [0.3, 0.4) is 0 Å². The lowest BCUT2D eigenvalue weighted by molar-refractivity contribution is 0.615. The van der Waals surface area contributed by atoms with Gasteiger partial charge in [-0.25, -0.2) is 0 Å². The van der Waals surface area contributed by atoms with Gasteiger partial charge in [0.25, 0.3) is 0 Å². The molecule has 0 atom stereocenters. The summed E-state index contributed by atoms with van der Waals surface area (Å²) in [6.07, 6.45) is 0.